The molecule has 0 spiro atoms. The quantitative estimate of drug-likeness (QED) is 0.801. The zero-order valence-electron chi connectivity index (χ0n) is 7.31. The average molecular weight is 208 g/mol. The Morgan fingerprint density at radius 2 is 1.69 bits per heavy atom. The molecule has 1 aromatic carbocycles. The van der Waals surface area contributed by atoms with Crippen molar-refractivity contribution in [2.45, 2.75) is 6.42 Å². The Labute approximate surface area is 82.6 Å². The Bertz CT molecular complexity index is 246. The van der Waals surface area contributed by atoms with Crippen molar-refractivity contribution in [1.82, 2.24) is 5.32 Å². The van der Waals surface area contributed by atoms with Crippen LogP contribution < -0.4 is 5.32 Å². The monoisotopic (exact) mass is 207 g/mol. The Hall–Kier alpha value is -0.670. The van der Waals surface area contributed by atoms with Crippen molar-refractivity contribution in [3.8, 4) is 0 Å². The predicted octanol–water partition coefficient (Wildman–Crippen LogP) is 2.15. The van der Waals surface area contributed by atoms with Gasteiger partial charge in [-0.05, 0) is 37.7 Å². The Balaban J connectivity index is 0.00000144. The summed E-state index contributed by atoms with van der Waals surface area (Å²) in [6.45, 7) is 0.725. The first-order chi connectivity index (χ1) is 5.72. The summed E-state index contributed by atoms with van der Waals surface area (Å²) in [6, 6.07) is 3.57. The van der Waals surface area contributed by atoms with Crippen LogP contribution in [0.2, 0.25) is 0 Å². The van der Waals surface area contributed by atoms with E-state index in [0.29, 0.717) is 12.0 Å². The van der Waals surface area contributed by atoms with Crippen molar-refractivity contribution in [2.75, 3.05) is 13.6 Å². The van der Waals surface area contributed by atoms with Crippen LogP contribution in [0.15, 0.2) is 18.2 Å². The molecule has 0 bridgehead atoms. The molecule has 0 heterocycles. The number of benzene rings is 1. The van der Waals surface area contributed by atoms with Gasteiger partial charge >= 0.3 is 0 Å². The highest BCUT2D eigenvalue weighted by Gasteiger charge is 1.99. The van der Waals surface area contributed by atoms with Crippen molar-refractivity contribution < 1.29 is 8.78 Å². The molecule has 0 aliphatic heterocycles. The maximum Gasteiger partial charge on any atom is 0.126 e. The Morgan fingerprint density at radius 3 is 2.15 bits per heavy atom. The summed E-state index contributed by atoms with van der Waals surface area (Å²) >= 11 is 0. The second-order valence-electron chi connectivity index (χ2n) is 2.63. The first-order valence-electron chi connectivity index (χ1n) is 3.82. The van der Waals surface area contributed by atoms with Gasteiger partial charge < -0.3 is 5.32 Å². The van der Waals surface area contributed by atoms with Crippen LogP contribution in [-0.4, -0.2) is 13.6 Å². The lowest BCUT2D eigenvalue weighted by Crippen LogP contribution is -2.10. The molecule has 74 valence electrons. The third-order valence-electron chi connectivity index (χ3n) is 1.59. The highest BCUT2D eigenvalue weighted by atomic mass is 35.5. The lowest BCUT2D eigenvalue weighted by atomic mass is 10.1. The molecular weight excluding hydrogens is 196 g/mol. The molecule has 0 aliphatic rings. The second-order valence-corrected chi connectivity index (χ2v) is 2.63. The average Bonchev–Trinajstić information content (AvgIpc) is 1.99. The molecule has 0 aromatic heterocycles. The van der Waals surface area contributed by atoms with Crippen molar-refractivity contribution >= 4 is 12.4 Å². The van der Waals surface area contributed by atoms with E-state index in [-0.39, 0.29) is 12.4 Å². The topological polar surface area (TPSA) is 12.0 Å². The van der Waals surface area contributed by atoms with E-state index in [0.717, 1.165) is 12.6 Å². The van der Waals surface area contributed by atoms with Gasteiger partial charge in [-0.1, -0.05) is 0 Å². The van der Waals surface area contributed by atoms with Gasteiger partial charge in [0.05, 0.1) is 0 Å². The summed E-state index contributed by atoms with van der Waals surface area (Å²) in [5.41, 5.74) is 0.682. The van der Waals surface area contributed by atoms with Gasteiger partial charge in [0.1, 0.15) is 11.6 Å². The van der Waals surface area contributed by atoms with Crippen LogP contribution in [0.4, 0.5) is 8.78 Å². The molecule has 0 amide bonds. The second kappa shape index (κ2) is 5.89. The molecule has 1 aromatic rings. The van der Waals surface area contributed by atoms with Gasteiger partial charge in [0.2, 0.25) is 0 Å². The number of hydrogen-bond donors (Lipinski definition) is 1. The van der Waals surface area contributed by atoms with Crippen LogP contribution in [0.5, 0.6) is 0 Å². The molecule has 0 unspecified atom stereocenters. The van der Waals surface area contributed by atoms with E-state index in [9.17, 15) is 8.78 Å². The molecule has 0 saturated carbocycles. The van der Waals surface area contributed by atoms with Gasteiger partial charge in [0, 0.05) is 6.07 Å². The van der Waals surface area contributed by atoms with E-state index < -0.39 is 11.6 Å². The number of hydrogen-bond acceptors (Lipinski definition) is 1. The van der Waals surface area contributed by atoms with E-state index in [4.69, 9.17) is 0 Å². The number of halogens is 3. The van der Waals surface area contributed by atoms with Crippen molar-refractivity contribution in [2.24, 2.45) is 0 Å². The maximum atomic E-state index is 12.6. The highest BCUT2D eigenvalue weighted by Crippen LogP contribution is 2.07. The third kappa shape index (κ3) is 4.20. The minimum Gasteiger partial charge on any atom is -0.319 e. The number of likely N-dealkylation sites (N-methyl/N-ethyl adjacent to an activating group) is 1. The molecule has 0 aliphatic carbocycles. The van der Waals surface area contributed by atoms with E-state index in [1.54, 1.807) is 7.05 Å². The molecule has 0 fully saturated rings. The van der Waals surface area contributed by atoms with Gasteiger partial charge in [0.15, 0.2) is 0 Å². The zero-order chi connectivity index (χ0) is 8.97. The zero-order valence-corrected chi connectivity index (χ0v) is 8.13. The molecule has 0 atom stereocenters. The summed E-state index contributed by atoms with van der Waals surface area (Å²) in [5, 5.41) is 2.91. The molecular formula is C9H12ClF2N. The van der Waals surface area contributed by atoms with Gasteiger partial charge in [-0.2, -0.15) is 0 Å². The first-order valence-corrected chi connectivity index (χ1v) is 3.82. The lowest BCUT2D eigenvalue weighted by Gasteiger charge is -2.00. The number of nitrogens with one attached hydrogen (secondary N) is 1. The lowest BCUT2D eigenvalue weighted by molar-refractivity contribution is 0.579. The standard InChI is InChI=1S/C9H11F2N.ClH/c1-12-3-2-7-4-8(10)6-9(11)5-7;/h4-6,12H,2-3H2,1H3;1H. The fraction of sp³-hybridized carbons (Fsp3) is 0.333. The molecule has 1 N–H and O–H groups in total. The molecule has 1 nitrogen and oxygen atoms in total. The summed E-state index contributed by atoms with van der Waals surface area (Å²) in [5.74, 6) is -1.03. The SMILES string of the molecule is CNCCc1cc(F)cc(F)c1.Cl. The smallest absolute Gasteiger partial charge is 0.126 e. The molecule has 0 saturated heterocycles. The summed E-state index contributed by atoms with van der Waals surface area (Å²) in [6.07, 6.45) is 0.644. The van der Waals surface area contributed by atoms with Crippen LogP contribution in [0.25, 0.3) is 0 Å². The largest absolute Gasteiger partial charge is 0.319 e. The third-order valence-corrected chi connectivity index (χ3v) is 1.59. The maximum absolute atomic E-state index is 12.6. The van der Waals surface area contributed by atoms with E-state index in [2.05, 4.69) is 5.32 Å². The van der Waals surface area contributed by atoms with Gasteiger partial charge in [-0.15, -0.1) is 12.4 Å². The van der Waals surface area contributed by atoms with E-state index in [1.807, 2.05) is 0 Å². The minimum atomic E-state index is -0.513. The van der Waals surface area contributed by atoms with Crippen molar-refractivity contribution in [3.63, 3.8) is 0 Å². The van der Waals surface area contributed by atoms with Crippen LogP contribution >= 0.6 is 12.4 Å². The molecule has 13 heavy (non-hydrogen) atoms. The summed E-state index contributed by atoms with van der Waals surface area (Å²) in [7, 11) is 1.80. The fourth-order valence-electron chi connectivity index (χ4n) is 1.02. The van der Waals surface area contributed by atoms with Crippen molar-refractivity contribution in [1.29, 1.82) is 0 Å². The molecule has 0 radical (unpaired) electrons. The minimum absolute atomic E-state index is 0. The Kier molecular flexibility index (Phi) is 5.58. The van der Waals surface area contributed by atoms with E-state index >= 15 is 0 Å². The van der Waals surface area contributed by atoms with Crippen LogP contribution in [-0.2, 0) is 6.42 Å². The van der Waals surface area contributed by atoms with E-state index in [1.165, 1.54) is 12.1 Å². The Morgan fingerprint density at radius 1 is 1.15 bits per heavy atom. The fourth-order valence-corrected chi connectivity index (χ4v) is 1.02. The normalized spacial score (nSPS) is 9.46. The summed E-state index contributed by atoms with van der Waals surface area (Å²) in [4.78, 5) is 0. The predicted molar refractivity (Wildman–Crippen MR) is 51.2 cm³/mol. The number of rotatable bonds is 3. The highest BCUT2D eigenvalue weighted by molar-refractivity contribution is 5.85. The van der Waals surface area contributed by atoms with Gasteiger partial charge in [-0.3, -0.25) is 0 Å². The van der Waals surface area contributed by atoms with Gasteiger partial charge in [-0.25, -0.2) is 8.78 Å². The van der Waals surface area contributed by atoms with Crippen LogP contribution in [0, 0.1) is 11.6 Å². The van der Waals surface area contributed by atoms with Gasteiger partial charge in [0.25, 0.3) is 0 Å². The summed E-state index contributed by atoms with van der Waals surface area (Å²) < 4.78 is 25.2. The molecule has 4 heteroatoms. The van der Waals surface area contributed by atoms with Crippen LogP contribution in [0.1, 0.15) is 5.56 Å². The first kappa shape index (κ1) is 12.3. The van der Waals surface area contributed by atoms with Crippen LogP contribution in [0.3, 0.4) is 0 Å². The molecule has 1 rings (SSSR count). The van der Waals surface area contributed by atoms with Crippen molar-refractivity contribution in [3.05, 3.63) is 35.4 Å².